The Morgan fingerprint density at radius 2 is 1.95 bits per heavy atom. The van der Waals surface area contributed by atoms with Crippen LogP contribution in [0, 0.1) is 11.3 Å². The molecule has 108 valence electrons. The van der Waals surface area contributed by atoms with Crippen LogP contribution in [0.3, 0.4) is 0 Å². The van der Waals surface area contributed by atoms with Gasteiger partial charge in [-0.2, -0.15) is 5.26 Å². The molecule has 3 nitrogen and oxygen atoms in total. The van der Waals surface area contributed by atoms with Crippen LogP contribution < -0.4 is 10.1 Å². The quantitative estimate of drug-likeness (QED) is 0.884. The molecule has 0 aromatic heterocycles. The van der Waals surface area contributed by atoms with Crippen molar-refractivity contribution < 1.29 is 4.74 Å². The van der Waals surface area contributed by atoms with Crippen LogP contribution in [0.4, 0.5) is 0 Å². The molecule has 0 bridgehead atoms. The third kappa shape index (κ3) is 4.07. The maximum Gasteiger partial charge on any atom is 0.136 e. The number of hydrogen-bond acceptors (Lipinski definition) is 3. The van der Waals surface area contributed by atoms with Gasteiger partial charge in [0.2, 0.25) is 0 Å². The van der Waals surface area contributed by atoms with Gasteiger partial charge in [-0.3, -0.25) is 0 Å². The summed E-state index contributed by atoms with van der Waals surface area (Å²) in [6.07, 6.45) is 0. The average Bonchev–Trinajstić information content (AvgIpc) is 2.52. The Morgan fingerprint density at radius 3 is 2.57 bits per heavy atom. The van der Waals surface area contributed by atoms with Crippen LogP contribution in [-0.2, 0) is 6.54 Å². The highest BCUT2D eigenvalue weighted by molar-refractivity contribution is 9.10. The lowest BCUT2D eigenvalue weighted by molar-refractivity contribution is 0.413. The Labute approximate surface area is 133 Å². The van der Waals surface area contributed by atoms with Crippen molar-refractivity contribution in [2.24, 2.45) is 0 Å². The van der Waals surface area contributed by atoms with Gasteiger partial charge in [0, 0.05) is 17.1 Å². The number of methoxy groups -OCH3 is 1. The third-order valence-electron chi connectivity index (χ3n) is 3.37. The number of nitrogens with one attached hydrogen (secondary N) is 1. The zero-order valence-electron chi connectivity index (χ0n) is 12.1. The number of nitrogens with zero attached hydrogens (tertiary/aromatic N) is 1. The second kappa shape index (κ2) is 7.26. The molecule has 2 aromatic carbocycles. The minimum Gasteiger partial charge on any atom is -0.495 e. The lowest BCUT2D eigenvalue weighted by Gasteiger charge is -2.15. The fourth-order valence-corrected chi connectivity index (χ4v) is 2.36. The SMILES string of the molecule is COc1ccc(CN[C@@H](C)c2ccc(Br)cc2)cc1C#N. The molecule has 0 aliphatic heterocycles. The van der Waals surface area contributed by atoms with Crippen molar-refractivity contribution in [2.75, 3.05) is 7.11 Å². The van der Waals surface area contributed by atoms with E-state index >= 15 is 0 Å². The topological polar surface area (TPSA) is 45.0 Å². The first kappa shape index (κ1) is 15.6. The standard InChI is InChI=1S/C17H17BrN2O/c1-12(14-4-6-16(18)7-5-14)20-11-13-3-8-17(21-2)15(9-13)10-19/h3-9,12,20H,11H2,1-2H3/t12-/m0/s1. The normalized spacial score (nSPS) is 11.7. The van der Waals surface area contributed by atoms with E-state index in [1.165, 1.54) is 5.56 Å². The minimum absolute atomic E-state index is 0.241. The highest BCUT2D eigenvalue weighted by Crippen LogP contribution is 2.20. The van der Waals surface area contributed by atoms with E-state index in [4.69, 9.17) is 10.00 Å². The number of hydrogen-bond donors (Lipinski definition) is 1. The Morgan fingerprint density at radius 1 is 1.24 bits per heavy atom. The maximum absolute atomic E-state index is 9.10. The Bertz CT molecular complexity index is 647. The monoisotopic (exact) mass is 344 g/mol. The zero-order valence-corrected chi connectivity index (χ0v) is 13.6. The van der Waals surface area contributed by atoms with Gasteiger partial charge in [0.1, 0.15) is 11.8 Å². The van der Waals surface area contributed by atoms with Crippen LogP contribution in [-0.4, -0.2) is 7.11 Å². The molecule has 1 N–H and O–H groups in total. The Balaban J connectivity index is 2.03. The Kier molecular flexibility index (Phi) is 5.38. The summed E-state index contributed by atoms with van der Waals surface area (Å²) in [7, 11) is 1.57. The van der Waals surface area contributed by atoms with E-state index in [1.54, 1.807) is 7.11 Å². The number of rotatable bonds is 5. The summed E-state index contributed by atoms with van der Waals surface area (Å²) in [5.41, 5.74) is 2.86. The van der Waals surface area contributed by atoms with Crippen LogP contribution in [0.1, 0.15) is 29.7 Å². The molecule has 0 spiro atoms. The van der Waals surface area contributed by atoms with E-state index in [2.05, 4.69) is 46.4 Å². The maximum atomic E-state index is 9.10. The van der Waals surface area contributed by atoms with Crippen molar-refractivity contribution >= 4 is 15.9 Å². The predicted molar refractivity (Wildman–Crippen MR) is 87.1 cm³/mol. The smallest absolute Gasteiger partial charge is 0.136 e. The number of halogens is 1. The molecule has 0 heterocycles. The molecule has 21 heavy (non-hydrogen) atoms. The molecule has 2 rings (SSSR count). The first-order valence-electron chi connectivity index (χ1n) is 6.70. The predicted octanol–water partition coefficient (Wildman–Crippen LogP) is 4.18. The van der Waals surface area contributed by atoms with Gasteiger partial charge in [-0.25, -0.2) is 0 Å². The fraction of sp³-hybridized carbons (Fsp3) is 0.235. The first-order valence-corrected chi connectivity index (χ1v) is 7.49. The van der Waals surface area contributed by atoms with Crippen molar-refractivity contribution in [2.45, 2.75) is 19.5 Å². The van der Waals surface area contributed by atoms with E-state index in [-0.39, 0.29) is 6.04 Å². The van der Waals surface area contributed by atoms with E-state index < -0.39 is 0 Å². The molecule has 2 aromatic rings. The number of benzene rings is 2. The summed E-state index contributed by atoms with van der Waals surface area (Å²) in [5.74, 6) is 0.613. The van der Waals surface area contributed by atoms with Crippen molar-refractivity contribution in [3.8, 4) is 11.8 Å². The third-order valence-corrected chi connectivity index (χ3v) is 3.90. The van der Waals surface area contributed by atoms with Gasteiger partial charge < -0.3 is 10.1 Å². The molecule has 0 saturated heterocycles. The van der Waals surface area contributed by atoms with Crippen LogP contribution in [0.15, 0.2) is 46.9 Å². The van der Waals surface area contributed by atoms with E-state index in [0.717, 1.165) is 10.0 Å². The molecular weight excluding hydrogens is 328 g/mol. The molecular formula is C17H17BrN2O. The van der Waals surface area contributed by atoms with Crippen LogP contribution in [0.25, 0.3) is 0 Å². The molecule has 0 aliphatic carbocycles. The highest BCUT2D eigenvalue weighted by Gasteiger charge is 2.07. The van der Waals surface area contributed by atoms with Crippen molar-refractivity contribution in [1.29, 1.82) is 5.26 Å². The second-order valence-corrected chi connectivity index (χ2v) is 5.72. The van der Waals surface area contributed by atoms with Crippen LogP contribution >= 0.6 is 15.9 Å². The van der Waals surface area contributed by atoms with Gasteiger partial charge in [-0.1, -0.05) is 34.1 Å². The highest BCUT2D eigenvalue weighted by atomic mass is 79.9. The van der Waals surface area contributed by atoms with Gasteiger partial charge >= 0.3 is 0 Å². The lowest BCUT2D eigenvalue weighted by Crippen LogP contribution is -2.18. The largest absolute Gasteiger partial charge is 0.495 e. The summed E-state index contributed by atoms with van der Waals surface area (Å²) in [6.45, 7) is 2.83. The lowest BCUT2D eigenvalue weighted by atomic mass is 10.1. The molecule has 1 atom stereocenters. The molecule has 0 saturated carbocycles. The molecule has 0 aliphatic rings. The summed E-state index contributed by atoms with van der Waals surface area (Å²) in [6, 6.07) is 16.3. The van der Waals surface area contributed by atoms with E-state index in [9.17, 15) is 0 Å². The molecule has 0 fully saturated rings. The van der Waals surface area contributed by atoms with Gasteiger partial charge in [-0.05, 0) is 42.3 Å². The minimum atomic E-state index is 0.241. The average molecular weight is 345 g/mol. The zero-order chi connectivity index (χ0) is 15.2. The summed E-state index contributed by atoms with van der Waals surface area (Å²) in [5, 5.41) is 12.6. The van der Waals surface area contributed by atoms with Gasteiger partial charge in [0.15, 0.2) is 0 Å². The fourth-order valence-electron chi connectivity index (χ4n) is 2.09. The molecule has 0 amide bonds. The van der Waals surface area contributed by atoms with Gasteiger partial charge in [0.25, 0.3) is 0 Å². The summed E-state index contributed by atoms with van der Waals surface area (Å²) < 4.78 is 6.23. The number of ether oxygens (including phenoxy) is 1. The van der Waals surface area contributed by atoms with Crippen molar-refractivity contribution in [1.82, 2.24) is 5.32 Å². The summed E-state index contributed by atoms with van der Waals surface area (Å²) in [4.78, 5) is 0. The van der Waals surface area contributed by atoms with Gasteiger partial charge in [0.05, 0.1) is 12.7 Å². The van der Waals surface area contributed by atoms with Crippen LogP contribution in [0.5, 0.6) is 5.75 Å². The van der Waals surface area contributed by atoms with E-state index in [1.807, 2.05) is 30.3 Å². The van der Waals surface area contributed by atoms with Crippen LogP contribution in [0.2, 0.25) is 0 Å². The molecule has 0 unspecified atom stereocenters. The summed E-state index contributed by atoms with van der Waals surface area (Å²) >= 11 is 3.44. The Hall–Kier alpha value is -1.83. The number of nitriles is 1. The molecule has 4 heteroatoms. The van der Waals surface area contributed by atoms with Crippen molar-refractivity contribution in [3.63, 3.8) is 0 Å². The van der Waals surface area contributed by atoms with E-state index in [0.29, 0.717) is 17.9 Å². The first-order chi connectivity index (χ1) is 10.1. The second-order valence-electron chi connectivity index (χ2n) is 4.80. The van der Waals surface area contributed by atoms with Gasteiger partial charge in [-0.15, -0.1) is 0 Å². The van der Waals surface area contributed by atoms with Crippen molar-refractivity contribution in [3.05, 3.63) is 63.6 Å². The molecule has 0 radical (unpaired) electrons.